The van der Waals surface area contributed by atoms with E-state index < -0.39 is 6.10 Å². The number of hydrogen-bond donors (Lipinski definition) is 0. The minimum absolute atomic E-state index is 0.0843. The Morgan fingerprint density at radius 3 is 0.753 bits per heavy atom. The number of rotatable bonds is 60. The van der Waals surface area contributed by atoms with Gasteiger partial charge in [0.05, 0.1) is 0 Å². The lowest BCUT2D eigenvalue weighted by atomic mass is 10.1. The highest BCUT2D eigenvalue weighted by molar-refractivity contribution is 5.71. The molecule has 0 aromatic heterocycles. The average molecular weight is 1120 g/mol. The fourth-order valence-electron chi connectivity index (χ4n) is 9.11. The van der Waals surface area contributed by atoms with Gasteiger partial charge in [-0.1, -0.05) is 296 Å². The molecule has 460 valence electrons. The molecule has 0 aliphatic rings. The molecule has 0 N–H and O–H groups in total. The van der Waals surface area contributed by atoms with E-state index in [0.717, 1.165) is 135 Å². The molecule has 0 saturated carbocycles. The molecule has 81 heavy (non-hydrogen) atoms. The Bertz CT molecular complexity index is 1720. The molecular weight excluding hydrogens is 997 g/mol. The number of carbonyl (C=O) groups excluding carboxylic acids is 3. The van der Waals surface area contributed by atoms with Crippen molar-refractivity contribution < 1.29 is 28.6 Å². The highest BCUT2D eigenvalue weighted by Gasteiger charge is 2.19. The second kappa shape index (κ2) is 68.1. The summed E-state index contributed by atoms with van der Waals surface area (Å²) in [5.74, 6) is -0.907. The third kappa shape index (κ3) is 66.2. The summed E-state index contributed by atoms with van der Waals surface area (Å²) in [5.41, 5.74) is 0. The van der Waals surface area contributed by atoms with Gasteiger partial charge in [-0.05, 0) is 122 Å². The van der Waals surface area contributed by atoms with Crippen molar-refractivity contribution in [2.24, 2.45) is 0 Å². The van der Waals surface area contributed by atoms with Crippen LogP contribution in [-0.2, 0) is 28.6 Å². The van der Waals surface area contributed by atoms with E-state index in [1.807, 2.05) is 0 Å². The maximum Gasteiger partial charge on any atom is 0.306 e. The van der Waals surface area contributed by atoms with Crippen LogP contribution in [0.4, 0.5) is 0 Å². The van der Waals surface area contributed by atoms with E-state index in [2.05, 4.69) is 154 Å². The smallest absolute Gasteiger partial charge is 0.306 e. The zero-order valence-corrected chi connectivity index (χ0v) is 52.8. The Balaban J connectivity index is 4.06. The zero-order chi connectivity index (χ0) is 58.5. The summed E-state index contributed by atoms with van der Waals surface area (Å²) in [5, 5.41) is 0. The quantitative estimate of drug-likeness (QED) is 0.0261. The Kier molecular flexibility index (Phi) is 64.3. The molecule has 1 unspecified atom stereocenters. The first kappa shape index (κ1) is 76.5. The van der Waals surface area contributed by atoms with Crippen LogP contribution in [0.25, 0.3) is 0 Å². The van der Waals surface area contributed by atoms with E-state index in [4.69, 9.17) is 14.2 Å². The van der Waals surface area contributed by atoms with Crippen LogP contribution in [0.5, 0.6) is 0 Å². The molecule has 6 heteroatoms. The predicted octanol–water partition coefficient (Wildman–Crippen LogP) is 23.3. The highest BCUT2D eigenvalue weighted by atomic mass is 16.6. The number of unbranched alkanes of at least 4 members (excludes halogenated alkanes) is 27. The van der Waals surface area contributed by atoms with Crippen molar-refractivity contribution in [1.82, 2.24) is 0 Å². The summed E-state index contributed by atoms with van der Waals surface area (Å²) < 4.78 is 16.8. The molecule has 6 nitrogen and oxygen atoms in total. The van der Waals surface area contributed by atoms with Gasteiger partial charge in [0.15, 0.2) is 6.10 Å². The molecule has 0 rings (SSSR count). The summed E-state index contributed by atoms with van der Waals surface area (Å²) in [4.78, 5) is 38.0. The maximum atomic E-state index is 12.8. The van der Waals surface area contributed by atoms with Gasteiger partial charge in [0.2, 0.25) is 0 Å². The summed E-state index contributed by atoms with van der Waals surface area (Å²) in [6, 6.07) is 0. The zero-order valence-electron chi connectivity index (χ0n) is 52.8. The number of esters is 3. The molecule has 0 radical (unpaired) electrons. The largest absolute Gasteiger partial charge is 0.462 e. The summed E-state index contributed by atoms with van der Waals surface area (Å²) in [6.07, 6.45) is 96.6. The summed E-state index contributed by atoms with van der Waals surface area (Å²) in [6.45, 7) is 6.43. The van der Waals surface area contributed by atoms with Crippen LogP contribution in [0.15, 0.2) is 134 Å². The first-order valence-corrected chi connectivity index (χ1v) is 33.7. The lowest BCUT2D eigenvalue weighted by Crippen LogP contribution is -2.30. The Morgan fingerprint density at radius 2 is 0.481 bits per heavy atom. The predicted molar refractivity (Wildman–Crippen MR) is 353 cm³/mol. The third-order valence-electron chi connectivity index (χ3n) is 14.1. The Hall–Kier alpha value is -4.45. The van der Waals surface area contributed by atoms with Crippen LogP contribution in [0.2, 0.25) is 0 Å². The SMILES string of the molecule is CC/C=C\C/C=C\C/C=C\C/C=C\C/C=C\C/C=C\C/C=C\C/C=C\CCCCCCCCCCCCC(=O)OCC(COC(=O)CCCCCCC)OC(=O)CCCCCCCCCC/C=C\C/C=C\C/C=C\CCCCCCC. The second-order valence-corrected chi connectivity index (χ2v) is 22.0. The van der Waals surface area contributed by atoms with E-state index in [-0.39, 0.29) is 31.1 Å². The Labute approximate surface area is 500 Å². The van der Waals surface area contributed by atoms with Crippen molar-refractivity contribution in [2.75, 3.05) is 13.2 Å². The molecule has 0 aromatic carbocycles. The van der Waals surface area contributed by atoms with Gasteiger partial charge in [0.25, 0.3) is 0 Å². The number of carbonyl (C=O) groups is 3. The highest BCUT2D eigenvalue weighted by Crippen LogP contribution is 2.15. The number of allylic oxidation sites excluding steroid dienone is 22. The van der Waals surface area contributed by atoms with Gasteiger partial charge in [-0.25, -0.2) is 0 Å². The molecule has 0 saturated heterocycles. The van der Waals surface area contributed by atoms with E-state index >= 15 is 0 Å². The fraction of sp³-hybridized carbons (Fsp3) is 0.667. The van der Waals surface area contributed by atoms with Crippen molar-refractivity contribution >= 4 is 17.9 Å². The van der Waals surface area contributed by atoms with E-state index in [9.17, 15) is 14.4 Å². The minimum atomic E-state index is -0.784. The van der Waals surface area contributed by atoms with Crippen molar-refractivity contribution in [3.63, 3.8) is 0 Å². The summed E-state index contributed by atoms with van der Waals surface area (Å²) >= 11 is 0. The molecule has 0 aliphatic carbocycles. The topological polar surface area (TPSA) is 78.9 Å². The fourth-order valence-corrected chi connectivity index (χ4v) is 9.11. The molecule has 0 heterocycles. The molecule has 0 bridgehead atoms. The minimum Gasteiger partial charge on any atom is -0.462 e. The van der Waals surface area contributed by atoms with Gasteiger partial charge in [0.1, 0.15) is 13.2 Å². The van der Waals surface area contributed by atoms with Crippen LogP contribution >= 0.6 is 0 Å². The van der Waals surface area contributed by atoms with Crippen molar-refractivity contribution in [1.29, 1.82) is 0 Å². The van der Waals surface area contributed by atoms with E-state index in [1.165, 1.54) is 128 Å². The molecule has 0 aliphatic heterocycles. The monoisotopic (exact) mass is 1120 g/mol. The molecule has 1 atom stereocenters. The first-order valence-electron chi connectivity index (χ1n) is 33.7. The summed E-state index contributed by atoms with van der Waals surface area (Å²) in [7, 11) is 0. The van der Waals surface area contributed by atoms with Crippen LogP contribution in [-0.4, -0.2) is 37.2 Å². The van der Waals surface area contributed by atoms with Crippen LogP contribution in [0.3, 0.4) is 0 Å². The van der Waals surface area contributed by atoms with Gasteiger partial charge >= 0.3 is 17.9 Å². The van der Waals surface area contributed by atoms with Gasteiger partial charge in [-0.15, -0.1) is 0 Å². The molecular formula is C75H124O6. The lowest BCUT2D eigenvalue weighted by molar-refractivity contribution is -0.167. The molecule has 0 aromatic rings. The standard InChI is InChI=1S/C75H124O6/c1-4-7-10-13-15-17-19-21-23-25-27-29-31-32-33-34-35-36-37-38-39-40-41-42-44-45-47-49-51-53-55-57-59-62-65-68-74(77)80-71-72(70-79-73(76)67-64-61-12-9-6-3)81-75(78)69-66-63-60-58-56-54-52-50-48-46-43-30-28-26-24-22-20-18-16-14-11-8-5-2/h7,10,15,17,20-23,26-29,32-33,35-36,38-39,41-43,46,72H,4-6,8-9,11-14,16,18-19,24-25,30-31,34,37,40,44-45,47-71H2,1-3H3/b10-7-,17-15-,22-20-,23-21-,28-26-,29-27-,33-32-,36-35-,39-38-,42-41-,46-43-. The molecule has 0 spiro atoms. The number of ether oxygens (including phenoxy) is 3. The van der Waals surface area contributed by atoms with E-state index in [1.54, 1.807) is 0 Å². The van der Waals surface area contributed by atoms with Crippen LogP contribution < -0.4 is 0 Å². The van der Waals surface area contributed by atoms with Crippen LogP contribution in [0.1, 0.15) is 303 Å². The van der Waals surface area contributed by atoms with Crippen molar-refractivity contribution in [2.45, 2.75) is 309 Å². The maximum absolute atomic E-state index is 12.8. The lowest BCUT2D eigenvalue weighted by Gasteiger charge is -2.18. The van der Waals surface area contributed by atoms with E-state index in [0.29, 0.717) is 19.3 Å². The average Bonchev–Trinajstić information content (AvgIpc) is 3.47. The first-order chi connectivity index (χ1) is 40.0. The number of hydrogen-bond acceptors (Lipinski definition) is 6. The third-order valence-corrected chi connectivity index (χ3v) is 14.1. The normalized spacial score (nSPS) is 13.0. The molecule has 0 fully saturated rings. The van der Waals surface area contributed by atoms with Crippen molar-refractivity contribution in [3.05, 3.63) is 134 Å². The van der Waals surface area contributed by atoms with Gasteiger partial charge in [-0.2, -0.15) is 0 Å². The second-order valence-electron chi connectivity index (χ2n) is 22.0. The van der Waals surface area contributed by atoms with Gasteiger partial charge in [0, 0.05) is 19.3 Å². The molecule has 0 amide bonds. The Morgan fingerprint density at radius 1 is 0.259 bits per heavy atom. The van der Waals surface area contributed by atoms with Gasteiger partial charge < -0.3 is 14.2 Å². The van der Waals surface area contributed by atoms with Crippen molar-refractivity contribution in [3.8, 4) is 0 Å². The van der Waals surface area contributed by atoms with Crippen LogP contribution in [0, 0.1) is 0 Å². The van der Waals surface area contributed by atoms with Gasteiger partial charge in [-0.3, -0.25) is 14.4 Å².